The molecular formula is C33H26N2O4. The van der Waals surface area contributed by atoms with E-state index in [-0.39, 0.29) is 23.6 Å². The normalized spacial score (nSPS) is 14.4. The van der Waals surface area contributed by atoms with Crippen LogP contribution in [-0.2, 0) is 6.54 Å². The molecule has 1 amide bonds. The Kier molecular flexibility index (Phi) is 6.51. The van der Waals surface area contributed by atoms with Gasteiger partial charge < -0.3 is 14.7 Å². The lowest BCUT2D eigenvalue weighted by Crippen LogP contribution is -2.26. The number of nitrogens with zero attached hydrogens (tertiary/aromatic N) is 2. The summed E-state index contributed by atoms with van der Waals surface area (Å²) in [5.74, 6) is -1.05. The highest BCUT2D eigenvalue weighted by atomic mass is 16.5. The molecular weight excluding hydrogens is 488 g/mol. The smallest absolute Gasteiger partial charge is 0.336 e. The Hall–Kier alpha value is -4.97. The molecule has 0 spiro atoms. The maximum Gasteiger partial charge on any atom is 0.336 e. The average Bonchev–Trinajstić information content (AvgIpc) is 3.11. The summed E-state index contributed by atoms with van der Waals surface area (Å²) in [4.78, 5) is 32.8. The number of hydrogen-bond donors (Lipinski definition) is 1. The minimum absolute atomic E-state index is 0.0950. The van der Waals surface area contributed by atoms with Crippen molar-refractivity contribution < 1.29 is 19.4 Å². The summed E-state index contributed by atoms with van der Waals surface area (Å²) in [6.07, 6.45) is 11.9. The third-order valence-corrected chi connectivity index (χ3v) is 7.05. The van der Waals surface area contributed by atoms with Crippen molar-refractivity contribution in [3.05, 3.63) is 143 Å². The van der Waals surface area contributed by atoms with Crippen LogP contribution in [0.15, 0.2) is 115 Å². The molecule has 1 aliphatic heterocycles. The van der Waals surface area contributed by atoms with Crippen molar-refractivity contribution >= 4 is 22.8 Å². The molecule has 4 aromatic rings. The van der Waals surface area contributed by atoms with E-state index in [1.807, 2.05) is 91.0 Å². The minimum Gasteiger partial charge on any atom is -0.478 e. The largest absolute Gasteiger partial charge is 0.478 e. The average molecular weight is 515 g/mol. The number of rotatable bonds is 7. The first kappa shape index (κ1) is 24.4. The fraction of sp³-hybridized carbons (Fsp3) is 0.121. The highest BCUT2D eigenvalue weighted by Crippen LogP contribution is 2.43. The van der Waals surface area contributed by atoms with E-state index in [0.717, 1.165) is 23.1 Å². The van der Waals surface area contributed by atoms with Gasteiger partial charge in [-0.25, -0.2) is 4.79 Å². The van der Waals surface area contributed by atoms with Gasteiger partial charge in [0.15, 0.2) is 5.75 Å². The fourth-order valence-electron chi connectivity index (χ4n) is 5.27. The molecule has 1 N–H and O–H groups in total. The Balaban J connectivity index is 1.53. The fourth-order valence-corrected chi connectivity index (χ4v) is 5.27. The summed E-state index contributed by atoms with van der Waals surface area (Å²) in [7, 11) is 0. The highest BCUT2D eigenvalue weighted by molar-refractivity contribution is 6.14. The number of carboxylic acids is 1. The van der Waals surface area contributed by atoms with E-state index in [0.29, 0.717) is 28.8 Å². The van der Waals surface area contributed by atoms with Gasteiger partial charge in [0.1, 0.15) is 11.6 Å². The van der Waals surface area contributed by atoms with Gasteiger partial charge in [-0.05, 0) is 29.2 Å². The van der Waals surface area contributed by atoms with Gasteiger partial charge in [-0.1, -0.05) is 97.1 Å². The lowest BCUT2D eigenvalue weighted by molar-refractivity contribution is 0.0695. The van der Waals surface area contributed by atoms with Crippen LogP contribution in [-0.4, -0.2) is 33.4 Å². The zero-order chi connectivity index (χ0) is 26.8. The van der Waals surface area contributed by atoms with Gasteiger partial charge in [0.2, 0.25) is 0 Å². The van der Waals surface area contributed by atoms with Crippen LogP contribution in [0.1, 0.15) is 49.9 Å². The van der Waals surface area contributed by atoms with Gasteiger partial charge in [0.25, 0.3) is 5.91 Å². The van der Waals surface area contributed by atoms with Crippen LogP contribution in [0.25, 0.3) is 10.9 Å². The van der Waals surface area contributed by atoms with Crippen LogP contribution >= 0.6 is 0 Å². The lowest BCUT2D eigenvalue weighted by Gasteiger charge is -2.23. The molecule has 0 unspecified atom stereocenters. The second kappa shape index (κ2) is 10.4. The Morgan fingerprint density at radius 3 is 2.38 bits per heavy atom. The highest BCUT2D eigenvalue weighted by Gasteiger charge is 2.38. The zero-order valence-electron chi connectivity index (χ0n) is 21.2. The number of ether oxygens (including phenoxy) is 1. The number of aromatic nitrogens is 1. The molecule has 0 atom stereocenters. The van der Waals surface area contributed by atoms with E-state index in [9.17, 15) is 14.7 Å². The van der Waals surface area contributed by atoms with Gasteiger partial charge in [-0.3, -0.25) is 9.78 Å². The first-order valence-electron chi connectivity index (χ1n) is 12.9. The predicted octanol–water partition coefficient (Wildman–Crippen LogP) is 6.50. The molecule has 0 saturated heterocycles. The number of allylic oxidation sites excluding steroid dienone is 4. The molecule has 2 aliphatic rings. The number of pyridine rings is 1. The van der Waals surface area contributed by atoms with Gasteiger partial charge in [-0.15, -0.1) is 0 Å². The summed E-state index contributed by atoms with van der Waals surface area (Å²) in [5.41, 5.74) is 3.97. The van der Waals surface area contributed by atoms with Crippen LogP contribution < -0.4 is 4.74 Å². The summed E-state index contributed by atoms with van der Waals surface area (Å²) < 4.78 is 6.76. The van der Waals surface area contributed by atoms with Crippen molar-refractivity contribution in [3.63, 3.8) is 0 Å². The van der Waals surface area contributed by atoms with Crippen molar-refractivity contribution in [3.8, 4) is 5.75 Å². The standard InChI is InChI=1S/C33H26N2O4/c36-32-28-26(21-35(32)20-22-12-5-1-2-6-13-22)27(33(37)38)25-18-11-19-34-29(25)31(28)39-30(23-14-7-3-8-15-23)24-16-9-4-10-17-24/h1,3-19,30H,2,20-21H2,(H,37,38). The number of benzene rings is 3. The number of amides is 1. The Morgan fingerprint density at radius 2 is 1.69 bits per heavy atom. The first-order valence-corrected chi connectivity index (χ1v) is 12.9. The molecule has 1 aliphatic carbocycles. The molecule has 192 valence electrons. The zero-order valence-corrected chi connectivity index (χ0v) is 21.2. The van der Waals surface area contributed by atoms with Gasteiger partial charge in [0.05, 0.1) is 11.1 Å². The lowest BCUT2D eigenvalue weighted by atomic mass is 9.96. The number of carbonyl (C=O) groups is 2. The molecule has 0 saturated carbocycles. The van der Waals surface area contributed by atoms with E-state index in [2.05, 4.69) is 4.98 Å². The third kappa shape index (κ3) is 4.61. The Morgan fingerprint density at radius 1 is 0.974 bits per heavy atom. The second-order valence-electron chi connectivity index (χ2n) is 9.55. The summed E-state index contributed by atoms with van der Waals surface area (Å²) in [6, 6.07) is 23.0. The molecule has 0 bridgehead atoms. The summed E-state index contributed by atoms with van der Waals surface area (Å²) >= 11 is 0. The third-order valence-electron chi connectivity index (χ3n) is 7.05. The second-order valence-corrected chi connectivity index (χ2v) is 9.55. The van der Waals surface area contributed by atoms with Crippen molar-refractivity contribution in [1.29, 1.82) is 0 Å². The SMILES string of the molecule is O=C(O)c1c2c(c(OC(c3ccccc3)c3ccccc3)c3ncccc13)C(=O)N(CC1=CC=CCC=C1)C2. The van der Waals surface area contributed by atoms with E-state index in [1.54, 1.807) is 23.2 Å². The van der Waals surface area contributed by atoms with Crippen LogP contribution in [0.3, 0.4) is 0 Å². The predicted molar refractivity (Wildman–Crippen MR) is 150 cm³/mol. The monoisotopic (exact) mass is 514 g/mol. The van der Waals surface area contributed by atoms with Crippen LogP contribution in [0.5, 0.6) is 5.75 Å². The topological polar surface area (TPSA) is 79.7 Å². The van der Waals surface area contributed by atoms with Crippen molar-refractivity contribution in [2.45, 2.75) is 19.1 Å². The minimum atomic E-state index is -1.09. The van der Waals surface area contributed by atoms with E-state index in [1.165, 1.54) is 0 Å². The molecule has 39 heavy (non-hydrogen) atoms. The molecule has 6 nitrogen and oxygen atoms in total. The molecule has 2 heterocycles. The molecule has 3 aromatic carbocycles. The summed E-state index contributed by atoms with van der Waals surface area (Å²) in [5, 5.41) is 10.7. The van der Waals surface area contributed by atoms with Gasteiger partial charge in [-0.2, -0.15) is 0 Å². The van der Waals surface area contributed by atoms with Crippen LogP contribution in [0.2, 0.25) is 0 Å². The molecule has 0 fully saturated rings. The van der Waals surface area contributed by atoms with E-state index < -0.39 is 12.1 Å². The maximum atomic E-state index is 14.0. The Labute approximate surface area is 226 Å². The Bertz CT molecular complexity index is 1620. The van der Waals surface area contributed by atoms with Crippen molar-refractivity contribution in [2.24, 2.45) is 0 Å². The molecule has 6 heteroatoms. The van der Waals surface area contributed by atoms with Gasteiger partial charge in [0, 0.05) is 30.2 Å². The van der Waals surface area contributed by atoms with E-state index >= 15 is 0 Å². The van der Waals surface area contributed by atoms with Crippen molar-refractivity contribution in [2.75, 3.05) is 6.54 Å². The molecule has 6 rings (SSSR count). The van der Waals surface area contributed by atoms with Crippen molar-refractivity contribution in [1.82, 2.24) is 9.88 Å². The number of fused-ring (bicyclic) bond motifs is 2. The number of hydrogen-bond acceptors (Lipinski definition) is 4. The summed E-state index contributed by atoms with van der Waals surface area (Å²) in [6.45, 7) is 0.532. The van der Waals surface area contributed by atoms with Crippen LogP contribution in [0, 0.1) is 0 Å². The van der Waals surface area contributed by atoms with E-state index in [4.69, 9.17) is 4.74 Å². The maximum absolute atomic E-state index is 14.0. The molecule has 0 radical (unpaired) electrons. The molecule has 1 aromatic heterocycles. The number of aromatic carboxylic acids is 1. The van der Waals surface area contributed by atoms with Gasteiger partial charge >= 0.3 is 5.97 Å². The quantitative estimate of drug-likeness (QED) is 0.305. The number of carbonyl (C=O) groups excluding carboxylic acids is 1. The van der Waals surface area contributed by atoms with Crippen LogP contribution in [0.4, 0.5) is 0 Å². The first-order chi connectivity index (χ1) is 19.1. The number of carboxylic acid groups (broad SMARTS) is 1.